The normalized spacial score (nSPS) is 17.6. The maximum Gasteiger partial charge on any atom is 0.416 e. The molecule has 1 N–H and O–H groups in total. The van der Waals surface area contributed by atoms with E-state index < -0.39 is 50.4 Å². The number of halogens is 7. The van der Waals surface area contributed by atoms with Crippen LogP contribution in [0.3, 0.4) is 0 Å². The summed E-state index contributed by atoms with van der Waals surface area (Å²) in [6.07, 6.45) is -8.28. The van der Waals surface area contributed by atoms with Gasteiger partial charge in [0.15, 0.2) is 15.9 Å². The summed E-state index contributed by atoms with van der Waals surface area (Å²) in [6.45, 7) is 5.07. The standard InChI is InChI=1S/C37H37ClF6N4O4S/c1-2-53(50,51)33-29(38)12-11-27-30(35(49)46-34(37(42,43)44)23-7-4-3-5-8-23)28(22-47-15-13-26(14-16-47)48-17-19-52-20-18-48)31(45-32(27)33)24-9-6-10-25(21-24)36(39,40)41/h3-12,21,26,34H,2,13-20,22H2,1H3,(H,46,49)/t34-/m1/s1. The molecule has 2 aliphatic heterocycles. The number of carbonyl (C=O) groups excluding carboxylic acids is 1. The van der Waals surface area contributed by atoms with E-state index in [4.69, 9.17) is 16.3 Å². The third-order valence-electron chi connectivity index (χ3n) is 9.78. The number of hydrogen-bond acceptors (Lipinski definition) is 7. The molecule has 1 atom stereocenters. The highest BCUT2D eigenvalue weighted by atomic mass is 35.5. The molecule has 0 spiro atoms. The number of sulfone groups is 1. The number of benzene rings is 3. The molecule has 2 saturated heterocycles. The van der Waals surface area contributed by atoms with Crippen molar-refractivity contribution in [1.82, 2.24) is 20.1 Å². The number of aromatic nitrogens is 1. The fraction of sp³-hybridized carbons (Fsp3) is 0.405. The van der Waals surface area contributed by atoms with Crippen LogP contribution in [0.4, 0.5) is 26.3 Å². The van der Waals surface area contributed by atoms with Crippen LogP contribution < -0.4 is 5.32 Å². The number of pyridine rings is 1. The van der Waals surface area contributed by atoms with Crippen molar-refractivity contribution in [3.8, 4) is 11.3 Å². The van der Waals surface area contributed by atoms with Gasteiger partial charge in [-0.05, 0) is 49.7 Å². The number of fused-ring (bicyclic) bond motifs is 1. The second-order valence-corrected chi connectivity index (χ2v) is 15.7. The molecule has 1 amide bonds. The van der Waals surface area contributed by atoms with E-state index in [9.17, 15) is 39.6 Å². The van der Waals surface area contributed by atoms with Crippen molar-refractivity contribution >= 4 is 38.2 Å². The van der Waals surface area contributed by atoms with Crippen molar-refractivity contribution in [3.63, 3.8) is 0 Å². The number of nitrogens with one attached hydrogen (secondary N) is 1. The predicted molar refractivity (Wildman–Crippen MR) is 188 cm³/mol. The van der Waals surface area contributed by atoms with Crippen LogP contribution in [0.2, 0.25) is 5.02 Å². The molecule has 0 aliphatic carbocycles. The lowest BCUT2D eigenvalue weighted by Gasteiger charge is -2.40. The maximum atomic E-state index is 14.6. The molecule has 3 heterocycles. The van der Waals surface area contributed by atoms with Gasteiger partial charge in [-0.15, -0.1) is 0 Å². The molecule has 16 heteroatoms. The number of rotatable bonds is 9. The minimum absolute atomic E-state index is 0.0512. The highest BCUT2D eigenvalue weighted by Gasteiger charge is 2.43. The summed E-state index contributed by atoms with van der Waals surface area (Å²) >= 11 is 6.44. The molecule has 1 aromatic heterocycles. The second-order valence-electron chi connectivity index (χ2n) is 13.1. The summed E-state index contributed by atoms with van der Waals surface area (Å²) in [5, 5.41) is 1.75. The smallest absolute Gasteiger partial charge is 0.379 e. The minimum atomic E-state index is -4.95. The van der Waals surface area contributed by atoms with E-state index in [0.717, 1.165) is 44.1 Å². The molecule has 3 aromatic carbocycles. The third-order valence-corrected chi connectivity index (χ3v) is 12.0. The van der Waals surface area contributed by atoms with Crippen LogP contribution in [0.25, 0.3) is 22.2 Å². The van der Waals surface area contributed by atoms with E-state index in [-0.39, 0.29) is 56.5 Å². The molecule has 6 rings (SSSR count). The summed E-state index contributed by atoms with van der Waals surface area (Å²) in [5.74, 6) is -1.66. The zero-order chi connectivity index (χ0) is 38.1. The lowest BCUT2D eigenvalue weighted by atomic mass is 9.93. The lowest BCUT2D eigenvalue weighted by Crippen LogP contribution is -2.48. The average molecular weight is 783 g/mol. The number of morpholine rings is 1. The first-order chi connectivity index (χ1) is 25.1. The number of ether oxygens (including phenoxy) is 1. The summed E-state index contributed by atoms with van der Waals surface area (Å²) in [6, 6.07) is 11.2. The molecular formula is C37H37ClF6N4O4S. The Hall–Kier alpha value is -3.76. The second kappa shape index (κ2) is 15.5. The summed E-state index contributed by atoms with van der Waals surface area (Å²) in [5.41, 5.74) is -2.20. The molecule has 0 bridgehead atoms. The van der Waals surface area contributed by atoms with Gasteiger partial charge < -0.3 is 10.1 Å². The van der Waals surface area contributed by atoms with Gasteiger partial charge in [0.2, 0.25) is 0 Å². The Morgan fingerprint density at radius 2 is 1.64 bits per heavy atom. The zero-order valence-corrected chi connectivity index (χ0v) is 30.2. The first kappa shape index (κ1) is 38.9. The van der Waals surface area contributed by atoms with Gasteiger partial charge in [-0.3, -0.25) is 14.6 Å². The lowest BCUT2D eigenvalue weighted by molar-refractivity contribution is -0.155. The van der Waals surface area contributed by atoms with Crippen LogP contribution in [0, 0.1) is 0 Å². The number of amides is 1. The van der Waals surface area contributed by atoms with Crippen LogP contribution >= 0.6 is 11.6 Å². The number of likely N-dealkylation sites (tertiary alicyclic amines) is 1. The number of nitrogens with zero attached hydrogens (tertiary/aromatic N) is 3. The van der Waals surface area contributed by atoms with Gasteiger partial charge >= 0.3 is 12.4 Å². The minimum Gasteiger partial charge on any atom is -0.379 e. The Bertz CT molecular complexity index is 2070. The summed E-state index contributed by atoms with van der Waals surface area (Å²) in [4.78, 5) is 23.0. The number of piperidine rings is 1. The Kier molecular flexibility index (Phi) is 11.4. The number of hydrogen-bond donors (Lipinski definition) is 1. The van der Waals surface area contributed by atoms with E-state index in [1.54, 1.807) is 0 Å². The summed E-state index contributed by atoms with van der Waals surface area (Å²) < 4.78 is 118. The molecule has 0 unspecified atom stereocenters. The SMILES string of the molecule is CCS(=O)(=O)c1c(Cl)ccc2c(C(=O)N[C@H](c3ccccc3)C(F)(F)F)c(CN3CCC(N4CCOCC4)CC3)c(-c3cccc(C(F)(F)F)c3)nc12. The largest absolute Gasteiger partial charge is 0.416 e. The Labute approximate surface area is 308 Å². The fourth-order valence-electron chi connectivity index (χ4n) is 7.07. The van der Waals surface area contributed by atoms with Crippen LogP contribution in [0.1, 0.15) is 52.9 Å². The Morgan fingerprint density at radius 3 is 2.26 bits per heavy atom. The molecule has 2 aliphatic rings. The van der Waals surface area contributed by atoms with Crippen LogP contribution in [-0.2, 0) is 27.3 Å². The average Bonchev–Trinajstić information content (AvgIpc) is 3.13. The van der Waals surface area contributed by atoms with E-state index in [0.29, 0.717) is 26.3 Å². The summed E-state index contributed by atoms with van der Waals surface area (Å²) in [7, 11) is -4.18. The van der Waals surface area contributed by atoms with Crippen molar-refractivity contribution in [3.05, 3.63) is 94.0 Å². The fourth-order valence-corrected chi connectivity index (χ4v) is 8.68. The Balaban J connectivity index is 1.57. The van der Waals surface area contributed by atoms with E-state index in [1.165, 1.54) is 55.5 Å². The first-order valence-corrected chi connectivity index (χ1v) is 19.1. The predicted octanol–water partition coefficient (Wildman–Crippen LogP) is 7.70. The highest BCUT2D eigenvalue weighted by Crippen LogP contribution is 2.40. The molecule has 284 valence electrons. The topological polar surface area (TPSA) is 91.8 Å². The van der Waals surface area contributed by atoms with Crippen LogP contribution in [-0.4, -0.2) is 86.5 Å². The van der Waals surface area contributed by atoms with Crippen molar-refractivity contribution in [2.45, 2.75) is 55.6 Å². The molecule has 0 radical (unpaired) electrons. The van der Waals surface area contributed by atoms with Crippen molar-refractivity contribution in [2.75, 3.05) is 45.1 Å². The molecule has 53 heavy (non-hydrogen) atoms. The highest BCUT2D eigenvalue weighted by molar-refractivity contribution is 7.91. The van der Waals surface area contributed by atoms with Gasteiger partial charge in [-0.2, -0.15) is 26.3 Å². The van der Waals surface area contributed by atoms with Gasteiger partial charge in [0.05, 0.1) is 46.3 Å². The monoisotopic (exact) mass is 782 g/mol. The molecule has 4 aromatic rings. The van der Waals surface area contributed by atoms with Gasteiger partial charge in [0.25, 0.3) is 5.91 Å². The Morgan fingerprint density at radius 1 is 0.962 bits per heavy atom. The van der Waals surface area contributed by atoms with Crippen molar-refractivity contribution < 1.29 is 44.3 Å². The van der Waals surface area contributed by atoms with Crippen LogP contribution in [0.15, 0.2) is 71.6 Å². The quantitative estimate of drug-likeness (QED) is 0.174. The number of alkyl halides is 6. The van der Waals surface area contributed by atoms with Gasteiger partial charge in [-0.1, -0.05) is 67.1 Å². The third kappa shape index (κ3) is 8.49. The van der Waals surface area contributed by atoms with E-state index in [1.807, 2.05) is 4.90 Å². The van der Waals surface area contributed by atoms with Gasteiger partial charge in [0.1, 0.15) is 4.90 Å². The molecule has 2 fully saturated rings. The van der Waals surface area contributed by atoms with Crippen molar-refractivity contribution in [2.24, 2.45) is 0 Å². The zero-order valence-electron chi connectivity index (χ0n) is 28.6. The first-order valence-electron chi connectivity index (χ1n) is 17.1. The van der Waals surface area contributed by atoms with Gasteiger partial charge in [0, 0.05) is 42.2 Å². The van der Waals surface area contributed by atoms with Crippen LogP contribution in [0.5, 0.6) is 0 Å². The maximum absolute atomic E-state index is 14.6. The number of carbonyl (C=O) groups is 1. The molecule has 8 nitrogen and oxygen atoms in total. The van der Waals surface area contributed by atoms with Crippen molar-refractivity contribution in [1.29, 1.82) is 0 Å². The van der Waals surface area contributed by atoms with Gasteiger partial charge in [-0.25, -0.2) is 13.4 Å². The molecule has 0 saturated carbocycles. The molecular weight excluding hydrogens is 746 g/mol. The van der Waals surface area contributed by atoms with E-state index >= 15 is 0 Å². The van der Waals surface area contributed by atoms with E-state index in [2.05, 4.69) is 15.2 Å².